The molecule has 0 aromatic rings. The Hall–Kier alpha value is -0.0800. The molecule has 1 aliphatic heterocycles. The Balaban J connectivity index is 1.43. The van der Waals surface area contributed by atoms with E-state index in [-0.39, 0.29) is 5.54 Å². The van der Waals surface area contributed by atoms with Gasteiger partial charge in [-0.15, -0.1) is 0 Å². The second kappa shape index (κ2) is 3.21. The number of likely N-dealkylation sites (tertiary alicyclic amines) is 1. The summed E-state index contributed by atoms with van der Waals surface area (Å²) in [4.78, 5) is 2.65. The van der Waals surface area contributed by atoms with Gasteiger partial charge in [-0.2, -0.15) is 0 Å². The predicted molar refractivity (Wildman–Crippen MR) is 58.0 cm³/mol. The van der Waals surface area contributed by atoms with Gasteiger partial charge in [0.25, 0.3) is 0 Å². The maximum absolute atomic E-state index is 6.24. The van der Waals surface area contributed by atoms with E-state index in [4.69, 9.17) is 5.73 Å². The molecule has 0 amide bonds. The normalized spacial score (nSPS) is 40.1. The van der Waals surface area contributed by atoms with Crippen molar-refractivity contribution in [2.45, 2.75) is 44.1 Å². The van der Waals surface area contributed by atoms with Crippen LogP contribution in [-0.4, -0.2) is 30.1 Å². The Morgan fingerprint density at radius 2 is 2.14 bits per heavy atom. The molecule has 80 valence electrons. The predicted octanol–water partition coefficient (Wildman–Crippen LogP) is 1.60. The third kappa shape index (κ3) is 1.70. The Bertz CT molecular complexity index is 222. The van der Waals surface area contributed by atoms with Gasteiger partial charge in [0.1, 0.15) is 0 Å². The highest BCUT2D eigenvalue weighted by molar-refractivity contribution is 4.96. The molecule has 2 aliphatic carbocycles. The maximum Gasteiger partial charge on any atom is 0.0166 e. The summed E-state index contributed by atoms with van der Waals surface area (Å²) in [6.07, 6.45) is 8.12. The van der Waals surface area contributed by atoms with Crippen molar-refractivity contribution < 1.29 is 0 Å². The van der Waals surface area contributed by atoms with Crippen molar-refractivity contribution in [3.05, 3.63) is 0 Å². The first-order valence-corrected chi connectivity index (χ1v) is 6.26. The van der Waals surface area contributed by atoms with Crippen LogP contribution in [0.25, 0.3) is 0 Å². The lowest BCUT2D eigenvalue weighted by Crippen LogP contribution is -2.49. The molecule has 2 heteroatoms. The van der Waals surface area contributed by atoms with E-state index in [1.807, 2.05) is 0 Å². The summed E-state index contributed by atoms with van der Waals surface area (Å²) in [6, 6.07) is 0. The molecule has 2 nitrogen and oxygen atoms in total. The van der Waals surface area contributed by atoms with Gasteiger partial charge >= 0.3 is 0 Å². The summed E-state index contributed by atoms with van der Waals surface area (Å²) in [6.45, 7) is 3.98. The second-order valence-corrected chi connectivity index (χ2v) is 5.81. The van der Waals surface area contributed by atoms with Gasteiger partial charge in [0.15, 0.2) is 0 Å². The minimum Gasteiger partial charge on any atom is -0.325 e. The van der Waals surface area contributed by atoms with Crippen molar-refractivity contribution in [3.8, 4) is 0 Å². The molecular formula is C12H22N2. The molecular weight excluding hydrogens is 172 g/mol. The van der Waals surface area contributed by atoms with E-state index in [2.05, 4.69) is 4.90 Å². The average molecular weight is 194 g/mol. The molecule has 3 rings (SSSR count). The standard InChI is InChI=1S/C12H22N2/c13-12(3-1-4-12)5-7-14-6-2-10-8-11(10)9-14/h10-11H,1-9,13H2. The minimum atomic E-state index is 0.237. The lowest BCUT2D eigenvalue weighted by atomic mass is 9.75. The Morgan fingerprint density at radius 3 is 2.79 bits per heavy atom. The van der Waals surface area contributed by atoms with Crippen LogP contribution in [0.2, 0.25) is 0 Å². The molecule has 1 saturated heterocycles. The molecule has 0 spiro atoms. The van der Waals surface area contributed by atoms with Gasteiger partial charge in [0, 0.05) is 12.1 Å². The van der Waals surface area contributed by atoms with Crippen molar-refractivity contribution in [3.63, 3.8) is 0 Å². The van der Waals surface area contributed by atoms with Gasteiger partial charge in [-0.3, -0.25) is 0 Å². The summed E-state index contributed by atoms with van der Waals surface area (Å²) in [5.74, 6) is 2.18. The molecule has 2 unspecified atom stereocenters. The van der Waals surface area contributed by atoms with Gasteiger partial charge < -0.3 is 10.6 Å². The van der Waals surface area contributed by atoms with Crippen LogP contribution >= 0.6 is 0 Å². The fourth-order valence-electron chi connectivity index (χ4n) is 3.12. The Kier molecular flexibility index (Phi) is 2.10. The smallest absolute Gasteiger partial charge is 0.0166 e. The van der Waals surface area contributed by atoms with E-state index in [0.29, 0.717) is 0 Å². The van der Waals surface area contributed by atoms with Crippen LogP contribution in [0.4, 0.5) is 0 Å². The lowest BCUT2D eigenvalue weighted by Gasteiger charge is -2.40. The van der Waals surface area contributed by atoms with E-state index in [0.717, 1.165) is 11.8 Å². The van der Waals surface area contributed by atoms with Crippen LogP contribution in [0.5, 0.6) is 0 Å². The molecule has 3 fully saturated rings. The topological polar surface area (TPSA) is 29.3 Å². The fourth-order valence-corrected chi connectivity index (χ4v) is 3.12. The first-order valence-electron chi connectivity index (χ1n) is 6.26. The molecule has 3 aliphatic rings. The molecule has 0 aromatic carbocycles. The number of hydrogen-bond acceptors (Lipinski definition) is 2. The van der Waals surface area contributed by atoms with Crippen molar-refractivity contribution >= 4 is 0 Å². The average Bonchev–Trinajstić information content (AvgIpc) is 2.89. The third-order valence-electron chi connectivity index (χ3n) is 4.65. The van der Waals surface area contributed by atoms with Crippen molar-refractivity contribution in [2.24, 2.45) is 17.6 Å². The van der Waals surface area contributed by atoms with E-state index in [9.17, 15) is 0 Å². The minimum absolute atomic E-state index is 0.237. The molecule has 2 atom stereocenters. The highest BCUT2D eigenvalue weighted by atomic mass is 15.1. The summed E-state index contributed by atoms with van der Waals surface area (Å²) in [7, 11) is 0. The highest BCUT2D eigenvalue weighted by Crippen LogP contribution is 2.45. The van der Waals surface area contributed by atoms with Crippen LogP contribution in [0.3, 0.4) is 0 Å². The van der Waals surface area contributed by atoms with Gasteiger partial charge in [-0.1, -0.05) is 0 Å². The zero-order valence-electron chi connectivity index (χ0n) is 9.04. The molecule has 0 radical (unpaired) electrons. The van der Waals surface area contributed by atoms with Gasteiger partial charge in [0.2, 0.25) is 0 Å². The van der Waals surface area contributed by atoms with Crippen molar-refractivity contribution in [1.29, 1.82) is 0 Å². The molecule has 2 N–H and O–H groups in total. The van der Waals surface area contributed by atoms with Crippen LogP contribution in [0.1, 0.15) is 38.5 Å². The second-order valence-electron chi connectivity index (χ2n) is 5.81. The van der Waals surface area contributed by atoms with E-state index in [1.54, 1.807) is 0 Å². The third-order valence-corrected chi connectivity index (χ3v) is 4.65. The van der Waals surface area contributed by atoms with Crippen LogP contribution in [-0.2, 0) is 0 Å². The maximum atomic E-state index is 6.24. The molecule has 0 bridgehead atoms. The van der Waals surface area contributed by atoms with Gasteiger partial charge in [-0.25, -0.2) is 0 Å². The zero-order valence-corrected chi connectivity index (χ0v) is 9.04. The lowest BCUT2D eigenvalue weighted by molar-refractivity contribution is 0.161. The number of nitrogens with two attached hydrogens (primary N) is 1. The fraction of sp³-hybridized carbons (Fsp3) is 1.00. The zero-order chi connectivity index (χ0) is 9.60. The first kappa shape index (κ1) is 9.17. The first-order chi connectivity index (χ1) is 6.75. The Labute approximate surface area is 86.8 Å². The van der Waals surface area contributed by atoms with Crippen molar-refractivity contribution in [1.82, 2.24) is 4.90 Å². The van der Waals surface area contributed by atoms with Gasteiger partial charge in [0.05, 0.1) is 0 Å². The number of fused-ring (bicyclic) bond motifs is 1. The van der Waals surface area contributed by atoms with Gasteiger partial charge in [-0.05, 0) is 63.5 Å². The van der Waals surface area contributed by atoms with E-state index < -0.39 is 0 Å². The monoisotopic (exact) mass is 194 g/mol. The molecule has 14 heavy (non-hydrogen) atoms. The molecule has 1 heterocycles. The summed E-state index contributed by atoms with van der Waals surface area (Å²) in [5, 5.41) is 0. The number of nitrogens with zero attached hydrogens (tertiary/aromatic N) is 1. The SMILES string of the molecule is NC1(CCN2CCC3CC3C2)CCC1. The van der Waals surface area contributed by atoms with Crippen molar-refractivity contribution in [2.75, 3.05) is 19.6 Å². The number of piperidine rings is 1. The van der Waals surface area contributed by atoms with Crippen LogP contribution in [0.15, 0.2) is 0 Å². The van der Waals surface area contributed by atoms with E-state index >= 15 is 0 Å². The summed E-state index contributed by atoms with van der Waals surface area (Å²) in [5.41, 5.74) is 6.47. The largest absolute Gasteiger partial charge is 0.325 e. The van der Waals surface area contributed by atoms with Crippen LogP contribution in [0, 0.1) is 11.8 Å². The van der Waals surface area contributed by atoms with Crippen LogP contribution < -0.4 is 5.73 Å². The van der Waals surface area contributed by atoms with E-state index in [1.165, 1.54) is 58.2 Å². The molecule has 0 aromatic heterocycles. The highest BCUT2D eigenvalue weighted by Gasteiger charge is 2.41. The quantitative estimate of drug-likeness (QED) is 0.739. The summed E-state index contributed by atoms with van der Waals surface area (Å²) >= 11 is 0. The summed E-state index contributed by atoms with van der Waals surface area (Å²) < 4.78 is 0. The molecule has 2 saturated carbocycles. The number of hydrogen-bond donors (Lipinski definition) is 1. The Morgan fingerprint density at radius 1 is 1.29 bits per heavy atom. The number of rotatable bonds is 3.